The van der Waals surface area contributed by atoms with Crippen molar-refractivity contribution in [3.05, 3.63) is 0 Å². The molecule has 0 aromatic rings. The number of rotatable bonds is 2. The molecular weight excluding hydrogens is 203 g/mol. The van der Waals surface area contributed by atoms with Gasteiger partial charge in [0, 0.05) is 11.7 Å². The molecule has 2 heterocycles. The molecule has 0 N–H and O–H groups in total. The van der Waals surface area contributed by atoms with Gasteiger partial charge in [0.05, 0.1) is 22.3 Å². The Bertz CT molecular complexity index is 276. The van der Waals surface area contributed by atoms with E-state index >= 15 is 0 Å². The van der Waals surface area contributed by atoms with E-state index in [1.807, 2.05) is 0 Å². The molecule has 0 radical (unpaired) electrons. The first kappa shape index (κ1) is 11.9. The van der Waals surface area contributed by atoms with Gasteiger partial charge in [0.25, 0.3) is 0 Å². The van der Waals surface area contributed by atoms with Gasteiger partial charge in [-0.05, 0) is 19.3 Å². The summed E-state index contributed by atoms with van der Waals surface area (Å²) in [6.45, 7) is 0. The number of ether oxygens (including phenoxy) is 1. The molecule has 6 heteroatoms. The van der Waals surface area contributed by atoms with Crippen molar-refractivity contribution in [2.45, 2.75) is 31.5 Å². The van der Waals surface area contributed by atoms with Crippen LogP contribution in [0.1, 0.15) is 19.3 Å². The molecule has 2 saturated heterocycles. The molecule has 2 aliphatic heterocycles. The van der Waals surface area contributed by atoms with Gasteiger partial charge in [-0.1, -0.05) is 0 Å². The van der Waals surface area contributed by atoms with Crippen molar-refractivity contribution in [3.63, 3.8) is 0 Å². The first-order chi connectivity index (χ1) is 5.54. The number of fused-ring (bicyclic) bond motifs is 2. The van der Waals surface area contributed by atoms with Gasteiger partial charge in [0.2, 0.25) is 0 Å². The van der Waals surface area contributed by atoms with Crippen molar-refractivity contribution in [3.8, 4) is 0 Å². The van der Waals surface area contributed by atoms with Crippen LogP contribution in [0.4, 0.5) is 0 Å². The third-order valence-electron chi connectivity index (χ3n) is 2.65. The summed E-state index contributed by atoms with van der Waals surface area (Å²) >= 11 is 0. The maximum atomic E-state index is 10.5. The summed E-state index contributed by atoms with van der Waals surface area (Å²) in [6.07, 6.45) is 2.97. The molecule has 3 unspecified atom stereocenters. The zero-order valence-corrected chi connectivity index (χ0v) is 10.4. The van der Waals surface area contributed by atoms with Crippen LogP contribution in [0, 0.1) is 5.92 Å². The quantitative estimate of drug-likeness (QED) is 0.365. The number of hydrogen-bond donors (Lipinski definition) is 0. The van der Waals surface area contributed by atoms with Gasteiger partial charge in [0.1, 0.15) is 0 Å². The van der Waals surface area contributed by atoms with Crippen molar-refractivity contribution in [2.24, 2.45) is 5.92 Å². The summed E-state index contributed by atoms with van der Waals surface area (Å²) in [6, 6.07) is 0. The van der Waals surface area contributed by atoms with Crippen LogP contribution in [0.3, 0.4) is 0 Å². The van der Waals surface area contributed by atoms with Gasteiger partial charge in [-0.3, -0.25) is 0 Å². The SMILES string of the molecule is O=S(=O)([O-])CC1CC2CCC1O2.[Na+]. The summed E-state index contributed by atoms with van der Waals surface area (Å²) in [5.41, 5.74) is 0. The Kier molecular flexibility index (Phi) is 3.82. The van der Waals surface area contributed by atoms with E-state index in [9.17, 15) is 13.0 Å². The molecule has 0 spiro atoms. The molecule has 13 heavy (non-hydrogen) atoms. The predicted molar refractivity (Wildman–Crippen MR) is 40.6 cm³/mol. The molecule has 2 bridgehead atoms. The van der Waals surface area contributed by atoms with Crippen molar-refractivity contribution in [1.29, 1.82) is 0 Å². The molecule has 0 aromatic carbocycles. The smallest absolute Gasteiger partial charge is 0.748 e. The van der Waals surface area contributed by atoms with Crippen LogP contribution in [-0.2, 0) is 14.9 Å². The van der Waals surface area contributed by atoms with Crippen molar-refractivity contribution >= 4 is 10.1 Å². The van der Waals surface area contributed by atoms with E-state index < -0.39 is 10.1 Å². The summed E-state index contributed by atoms with van der Waals surface area (Å²) in [4.78, 5) is 0. The third-order valence-corrected chi connectivity index (χ3v) is 3.49. The third kappa shape index (κ3) is 2.91. The zero-order chi connectivity index (χ0) is 8.77. The molecule has 2 aliphatic rings. The van der Waals surface area contributed by atoms with Gasteiger partial charge in [-0.25, -0.2) is 8.42 Å². The Labute approximate surface area is 100 Å². The van der Waals surface area contributed by atoms with Crippen LogP contribution in [-0.4, -0.2) is 30.9 Å². The molecule has 70 valence electrons. The average molecular weight is 214 g/mol. The van der Waals surface area contributed by atoms with E-state index in [0.29, 0.717) is 0 Å². The molecule has 0 aromatic heterocycles. The van der Waals surface area contributed by atoms with Crippen LogP contribution in [0.5, 0.6) is 0 Å². The summed E-state index contributed by atoms with van der Waals surface area (Å²) in [5, 5.41) is 0. The van der Waals surface area contributed by atoms with E-state index in [1.54, 1.807) is 0 Å². The van der Waals surface area contributed by atoms with Crippen molar-refractivity contribution in [1.82, 2.24) is 0 Å². The van der Waals surface area contributed by atoms with Crippen LogP contribution in [0.2, 0.25) is 0 Å². The molecule has 3 atom stereocenters. The fourth-order valence-electron chi connectivity index (χ4n) is 2.18. The van der Waals surface area contributed by atoms with Gasteiger partial charge >= 0.3 is 29.6 Å². The van der Waals surface area contributed by atoms with Gasteiger partial charge < -0.3 is 9.29 Å². The summed E-state index contributed by atoms with van der Waals surface area (Å²) < 4.78 is 36.8. The van der Waals surface area contributed by atoms with Crippen LogP contribution >= 0.6 is 0 Å². The Morgan fingerprint density at radius 2 is 2.08 bits per heavy atom. The minimum atomic E-state index is -4.06. The molecule has 4 nitrogen and oxygen atoms in total. The Morgan fingerprint density at radius 1 is 1.38 bits per heavy atom. The largest absolute Gasteiger partial charge is 1.00 e. The molecule has 2 fully saturated rings. The summed E-state index contributed by atoms with van der Waals surface area (Å²) in [5.74, 6) is -0.278. The normalized spacial score (nSPS) is 37.5. The Balaban J connectivity index is 0.000000845. The van der Waals surface area contributed by atoms with Gasteiger partial charge in [0.15, 0.2) is 0 Å². The predicted octanol–water partition coefficient (Wildman–Crippen LogP) is -2.90. The van der Waals surface area contributed by atoms with E-state index in [0.717, 1.165) is 19.3 Å². The molecular formula is C7H11NaO4S. The van der Waals surface area contributed by atoms with Crippen LogP contribution in [0.25, 0.3) is 0 Å². The Morgan fingerprint density at radius 3 is 2.46 bits per heavy atom. The van der Waals surface area contributed by atoms with Gasteiger partial charge in [-0.2, -0.15) is 0 Å². The molecule has 0 saturated carbocycles. The minimum absolute atomic E-state index is 0. The fourth-order valence-corrected chi connectivity index (χ4v) is 3.06. The topological polar surface area (TPSA) is 66.4 Å². The fraction of sp³-hybridized carbons (Fsp3) is 1.00. The molecule has 0 amide bonds. The second-order valence-corrected chi connectivity index (χ2v) is 5.04. The van der Waals surface area contributed by atoms with E-state index in [-0.39, 0.29) is 53.4 Å². The van der Waals surface area contributed by atoms with Crippen LogP contribution in [0.15, 0.2) is 0 Å². The maximum absolute atomic E-state index is 10.5. The first-order valence-electron chi connectivity index (χ1n) is 4.13. The van der Waals surface area contributed by atoms with E-state index in [4.69, 9.17) is 4.74 Å². The maximum Gasteiger partial charge on any atom is 1.00 e. The zero-order valence-electron chi connectivity index (χ0n) is 7.60. The second-order valence-electron chi connectivity index (χ2n) is 3.59. The molecule has 0 aliphatic carbocycles. The monoisotopic (exact) mass is 214 g/mol. The van der Waals surface area contributed by atoms with Crippen LogP contribution < -0.4 is 29.6 Å². The van der Waals surface area contributed by atoms with Crippen molar-refractivity contribution < 1.29 is 47.3 Å². The average Bonchev–Trinajstić information content (AvgIpc) is 2.42. The second kappa shape index (κ2) is 4.16. The van der Waals surface area contributed by atoms with Gasteiger partial charge in [-0.15, -0.1) is 0 Å². The standard InChI is InChI=1S/C7H12O4S.Na/c8-12(9,10)4-5-3-6-1-2-7(5)11-6;/h5-7H,1-4H2,(H,8,9,10);/q;+1/p-1. The first-order valence-corrected chi connectivity index (χ1v) is 5.71. The van der Waals surface area contributed by atoms with E-state index in [2.05, 4.69) is 0 Å². The van der Waals surface area contributed by atoms with E-state index in [1.165, 1.54) is 0 Å². The minimum Gasteiger partial charge on any atom is -0.748 e. The molecule has 2 rings (SSSR count). The Hall–Kier alpha value is 0.870. The summed E-state index contributed by atoms with van der Waals surface area (Å²) in [7, 11) is -4.06. The van der Waals surface area contributed by atoms with Crippen molar-refractivity contribution in [2.75, 3.05) is 5.75 Å². The number of hydrogen-bond acceptors (Lipinski definition) is 4.